The van der Waals surface area contributed by atoms with Crippen LogP contribution in [0.2, 0.25) is 0 Å². The first kappa shape index (κ1) is 11.4. The summed E-state index contributed by atoms with van der Waals surface area (Å²) in [5.74, 6) is 0. The molecule has 0 amide bonds. The van der Waals surface area contributed by atoms with Gasteiger partial charge in [-0.3, -0.25) is 0 Å². The smallest absolute Gasteiger partial charge is 0.0184 e. The van der Waals surface area contributed by atoms with Crippen LogP contribution in [0.25, 0.3) is 0 Å². The molecule has 0 radical (unpaired) electrons. The zero-order chi connectivity index (χ0) is 10.6. The second kappa shape index (κ2) is 5.23. The highest BCUT2D eigenvalue weighted by molar-refractivity contribution is 5.36. The van der Waals surface area contributed by atoms with E-state index in [9.17, 15) is 0 Å². The van der Waals surface area contributed by atoms with Gasteiger partial charge in [0.2, 0.25) is 0 Å². The summed E-state index contributed by atoms with van der Waals surface area (Å²) in [6.45, 7) is 9.01. The monoisotopic (exact) mass is 193 g/mol. The minimum absolute atomic E-state index is 1.17. The molecule has 1 rings (SSSR count). The number of aromatic amines is 1. The van der Waals surface area contributed by atoms with Crippen LogP contribution in [0.15, 0.2) is 0 Å². The first-order valence-electron chi connectivity index (χ1n) is 5.93. The van der Waals surface area contributed by atoms with Crippen LogP contribution < -0.4 is 0 Å². The van der Waals surface area contributed by atoms with Crippen LogP contribution in [0.5, 0.6) is 0 Å². The summed E-state index contributed by atoms with van der Waals surface area (Å²) >= 11 is 0. The van der Waals surface area contributed by atoms with Gasteiger partial charge in [-0.25, -0.2) is 0 Å². The molecule has 80 valence electrons. The fourth-order valence-electron chi connectivity index (χ4n) is 2.20. The van der Waals surface area contributed by atoms with Crippen molar-refractivity contribution in [2.45, 2.75) is 59.8 Å². The Kier molecular flexibility index (Phi) is 4.24. The van der Waals surface area contributed by atoms with Gasteiger partial charge in [-0.15, -0.1) is 0 Å². The van der Waals surface area contributed by atoms with Gasteiger partial charge in [-0.1, -0.05) is 33.6 Å². The number of H-pyrrole nitrogens is 1. The van der Waals surface area contributed by atoms with Crippen LogP contribution in [0, 0.1) is 6.92 Å². The number of aromatic nitrogens is 1. The van der Waals surface area contributed by atoms with Gasteiger partial charge in [0.05, 0.1) is 0 Å². The maximum atomic E-state index is 3.60. The summed E-state index contributed by atoms with van der Waals surface area (Å²) in [7, 11) is 0. The number of nitrogens with one attached hydrogen (secondary N) is 1. The topological polar surface area (TPSA) is 15.8 Å². The molecule has 1 heterocycles. The average molecular weight is 193 g/mol. The molecule has 0 unspecified atom stereocenters. The standard InChI is InChI=1S/C13H23N/c1-5-8-12-10(4)11(7-3)13(14-12)9-6-2/h14H,5-9H2,1-4H3. The van der Waals surface area contributed by atoms with Gasteiger partial charge < -0.3 is 4.98 Å². The molecule has 1 aromatic rings. The molecular weight excluding hydrogens is 170 g/mol. The van der Waals surface area contributed by atoms with E-state index in [-0.39, 0.29) is 0 Å². The molecule has 14 heavy (non-hydrogen) atoms. The summed E-state index contributed by atoms with van der Waals surface area (Å²) in [5, 5.41) is 0. The molecular formula is C13H23N. The van der Waals surface area contributed by atoms with Gasteiger partial charge in [-0.2, -0.15) is 0 Å². The Morgan fingerprint density at radius 1 is 0.929 bits per heavy atom. The number of hydrogen-bond acceptors (Lipinski definition) is 0. The molecule has 0 aliphatic carbocycles. The van der Waals surface area contributed by atoms with Crippen molar-refractivity contribution in [3.05, 3.63) is 22.5 Å². The van der Waals surface area contributed by atoms with E-state index in [2.05, 4.69) is 32.7 Å². The van der Waals surface area contributed by atoms with Crippen LogP contribution in [0.3, 0.4) is 0 Å². The van der Waals surface area contributed by atoms with Crippen LogP contribution in [0.1, 0.15) is 56.1 Å². The maximum Gasteiger partial charge on any atom is 0.0184 e. The van der Waals surface area contributed by atoms with Crippen LogP contribution in [0.4, 0.5) is 0 Å². The largest absolute Gasteiger partial charge is 0.362 e. The summed E-state index contributed by atoms with van der Waals surface area (Å²) in [4.78, 5) is 3.60. The molecule has 0 bridgehead atoms. The van der Waals surface area contributed by atoms with Crippen molar-refractivity contribution in [1.82, 2.24) is 4.98 Å². The minimum Gasteiger partial charge on any atom is -0.362 e. The lowest BCUT2D eigenvalue weighted by atomic mass is 10.0. The van der Waals surface area contributed by atoms with E-state index in [4.69, 9.17) is 0 Å². The molecule has 1 heteroatoms. The average Bonchev–Trinajstić information content (AvgIpc) is 2.45. The normalized spacial score (nSPS) is 10.9. The molecule has 0 spiro atoms. The predicted octanol–water partition coefficient (Wildman–Crippen LogP) is 3.79. The summed E-state index contributed by atoms with van der Waals surface area (Å²) in [6.07, 6.45) is 6.03. The molecule has 1 nitrogen and oxygen atoms in total. The van der Waals surface area contributed by atoms with E-state index < -0.39 is 0 Å². The Morgan fingerprint density at radius 2 is 1.50 bits per heavy atom. The zero-order valence-electron chi connectivity index (χ0n) is 10.0. The third-order valence-electron chi connectivity index (χ3n) is 2.92. The molecule has 0 saturated heterocycles. The van der Waals surface area contributed by atoms with Crippen molar-refractivity contribution >= 4 is 0 Å². The highest BCUT2D eigenvalue weighted by atomic mass is 14.7. The summed E-state index contributed by atoms with van der Waals surface area (Å²) < 4.78 is 0. The molecule has 0 aliphatic rings. The lowest BCUT2D eigenvalue weighted by Gasteiger charge is -1.99. The van der Waals surface area contributed by atoms with Gasteiger partial charge in [0, 0.05) is 11.4 Å². The van der Waals surface area contributed by atoms with Gasteiger partial charge in [0.25, 0.3) is 0 Å². The van der Waals surface area contributed by atoms with E-state index in [1.165, 1.54) is 49.1 Å². The van der Waals surface area contributed by atoms with E-state index >= 15 is 0 Å². The van der Waals surface area contributed by atoms with Gasteiger partial charge in [0.1, 0.15) is 0 Å². The van der Waals surface area contributed by atoms with Crippen molar-refractivity contribution in [2.24, 2.45) is 0 Å². The molecule has 0 fully saturated rings. The first-order valence-corrected chi connectivity index (χ1v) is 5.93. The fourth-order valence-corrected chi connectivity index (χ4v) is 2.20. The Bertz CT molecular complexity index is 284. The molecule has 1 N–H and O–H groups in total. The van der Waals surface area contributed by atoms with Crippen molar-refractivity contribution in [3.63, 3.8) is 0 Å². The van der Waals surface area contributed by atoms with E-state index in [1.807, 2.05) is 0 Å². The van der Waals surface area contributed by atoms with E-state index in [0.717, 1.165) is 0 Å². The zero-order valence-corrected chi connectivity index (χ0v) is 10.0. The Hall–Kier alpha value is -0.720. The van der Waals surface area contributed by atoms with Crippen LogP contribution in [-0.4, -0.2) is 4.98 Å². The number of rotatable bonds is 5. The second-order valence-corrected chi connectivity index (χ2v) is 4.04. The molecule has 0 saturated carbocycles. The number of aryl methyl sites for hydroxylation is 2. The lowest BCUT2D eigenvalue weighted by molar-refractivity contribution is 0.844. The highest BCUT2D eigenvalue weighted by Gasteiger charge is 2.10. The number of hydrogen-bond donors (Lipinski definition) is 1. The van der Waals surface area contributed by atoms with Crippen molar-refractivity contribution in [1.29, 1.82) is 0 Å². The highest BCUT2D eigenvalue weighted by Crippen LogP contribution is 2.21. The van der Waals surface area contributed by atoms with Gasteiger partial charge in [-0.05, 0) is 37.3 Å². The summed E-state index contributed by atoms with van der Waals surface area (Å²) in [5.41, 5.74) is 6.02. The third-order valence-corrected chi connectivity index (χ3v) is 2.92. The van der Waals surface area contributed by atoms with Crippen LogP contribution in [-0.2, 0) is 19.3 Å². The Morgan fingerprint density at radius 3 is 2.00 bits per heavy atom. The fraction of sp³-hybridized carbons (Fsp3) is 0.692. The quantitative estimate of drug-likeness (QED) is 0.732. The van der Waals surface area contributed by atoms with E-state index in [1.54, 1.807) is 5.56 Å². The second-order valence-electron chi connectivity index (χ2n) is 4.04. The van der Waals surface area contributed by atoms with Crippen molar-refractivity contribution in [2.75, 3.05) is 0 Å². The van der Waals surface area contributed by atoms with E-state index in [0.29, 0.717) is 0 Å². The first-order chi connectivity index (χ1) is 6.74. The molecule has 0 aliphatic heterocycles. The van der Waals surface area contributed by atoms with Crippen molar-refractivity contribution < 1.29 is 0 Å². The predicted molar refractivity (Wildman–Crippen MR) is 62.9 cm³/mol. The Labute approximate surface area is 87.9 Å². The molecule has 0 atom stereocenters. The lowest BCUT2D eigenvalue weighted by Crippen LogP contribution is -1.90. The molecule has 1 aromatic heterocycles. The third kappa shape index (κ3) is 2.20. The SMILES string of the molecule is CCCc1[nH]c(CCC)c(CC)c1C. The minimum atomic E-state index is 1.17. The maximum absolute atomic E-state index is 3.60. The Balaban J connectivity index is 2.97. The molecule has 0 aromatic carbocycles. The van der Waals surface area contributed by atoms with Crippen LogP contribution >= 0.6 is 0 Å². The van der Waals surface area contributed by atoms with Gasteiger partial charge in [0.15, 0.2) is 0 Å². The summed E-state index contributed by atoms with van der Waals surface area (Å²) in [6, 6.07) is 0. The van der Waals surface area contributed by atoms with Gasteiger partial charge >= 0.3 is 0 Å². The van der Waals surface area contributed by atoms with Crippen molar-refractivity contribution in [3.8, 4) is 0 Å².